The number of ketones is 2. The maximum atomic E-state index is 11.4. The number of carbonyl (C=O) groups is 2. The highest BCUT2D eigenvalue weighted by Crippen LogP contribution is 2.44. The summed E-state index contributed by atoms with van der Waals surface area (Å²) in [6.45, 7) is 0. The van der Waals surface area contributed by atoms with E-state index in [1.807, 2.05) is 6.08 Å². The first-order valence-corrected chi connectivity index (χ1v) is 6.97. The van der Waals surface area contributed by atoms with Crippen molar-refractivity contribution < 1.29 is 9.59 Å². The predicted molar refractivity (Wildman–Crippen MR) is 65.5 cm³/mol. The Labute approximate surface area is 102 Å². The topological polar surface area (TPSA) is 34.1 Å². The van der Waals surface area contributed by atoms with E-state index in [-0.39, 0.29) is 0 Å². The van der Waals surface area contributed by atoms with Gasteiger partial charge >= 0.3 is 0 Å². The third-order valence-electron chi connectivity index (χ3n) is 4.95. The summed E-state index contributed by atoms with van der Waals surface area (Å²) in [5.41, 5.74) is 1.40. The van der Waals surface area contributed by atoms with Crippen molar-refractivity contribution in [1.29, 1.82) is 0 Å². The van der Waals surface area contributed by atoms with E-state index in [4.69, 9.17) is 0 Å². The van der Waals surface area contributed by atoms with Crippen LogP contribution >= 0.6 is 0 Å². The Bertz CT molecular complexity index is 380. The Balaban J connectivity index is 1.67. The van der Waals surface area contributed by atoms with Gasteiger partial charge in [0.05, 0.1) is 0 Å². The van der Waals surface area contributed by atoms with Crippen LogP contribution < -0.4 is 0 Å². The summed E-state index contributed by atoms with van der Waals surface area (Å²) in [7, 11) is 0. The van der Waals surface area contributed by atoms with Crippen LogP contribution in [-0.4, -0.2) is 11.6 Å². The first kappa shape index (κ1) is 11.2. The Hall–Kier alpha value is -0.920. The Morgan fingerprint density at radius 3 is 2.53 bits per heavy atom. The van der Waals surface area contributed by atoms with Gasteiger partial charge in [-0.2, -0.15) is 0 Å². The zero-order chi connectivity index (χ0) is 11.8. The molecule has 0 aromatic heterocycles. The fraction of sp³-hybridized carbons (Fsp3) is 0.733. The van der Waals surface area contributed by atoms with E-state index >= 15 is 0 Å². The van der Waals surface area contributed by atoms with E-state index in [1.54, 1.807) is 0 Å². The van der Waals surface area contributed by atoms with Gasteiger partial charge in [0.25, 0.3) is 0 Å². The number of carbonyl (C=O) groups excluding carboxylic acids is 2. The van der Waals surface area contributed by atoms with Crippen molar-refractivity contribution in [2.75, 3.05) is 0 Å². The number of hydrogen-bond acceptors (Lipinski definition) is 2. The maximum Gasteiger partial charge on any atom is 0.155 e. The zero-order valence-corrected chi connectivity index (χ0v) is 10.3. The lowest BCUT2D eigenvalue weighted by Gasteiger charge is -2.36. The molecule has 3 atom stereocenters. The number of Topliss-reactive ketones (excluding diaryl/α,β-unsaturated/α-hetero) is 1. The van der Waals surface area contributed by atoms with Gasteiger partial charge in [0, 0.05) is 19.3 Å². The Morgan fingerprint density at radius 1 is 0.941 bits per heavy atom. The second-order valence-corrected chi connectivity index (χ2v) is 6.00. The van der Waals surface area contributed by atoms with Gasteiger partial charge in [0.2, 0.25) is 0 Å². The molecule has 17 heavy (non-hydrogen) atoms. The standard InChI is InChI=1S/C15H20O2/c16-14-5-3-11-7-10(1-2-12(11)8-14)13-4-6-15(17)9-13/h8,10-11,13H,1-7,9H2/t10-,11+,13-/m0/s1. The molecule has 0 radical (unpaired) electrons. The highest BCUT2D eigenvalue weighted by atomic mass is 16.1. The summed E-state index contributed by atoms with van der Waals surface area (Å²) in [5.74, 6) is 2.85. The van der Waals surface area contributed by atoms with Gasteiger partial charge in [-0.05, 0) is 55.9 Å². The first-order chi connectivity index (χ1) is 8.22. The number of allylic oxidation sites excluding steroid dienone is 2. The summed E-state index contributed by atoms with van der Waals surface area (Å²) in [6.07, 6.45) is 10.0. The van der Waals surface area contributed by atoms with E-state index < -0.39 is 0 Å². The Kier molecular flexibility index (Phi) is 2.89. The minimum atomic E-state index is 0.325. The molecule has 0 bridgehead atoms. The molecule has 0 spiro atoms. The molecule has 0 unspecified atom stereocenters. The van der Waals surface area contributed by atoms with Crippen molar-refractivity contribution in [1.82, 2.24) is 0 Å². The third-order valence-corrected chi connectivity index (χ3v) is 4.95. The molecule has 3 aliphatic carbocycles. The second kappa shape index (κ2) is 4.40. The number of hydrogen-bond donors (Lipinski definition) is 0. The van der Waals surface area contributed by atoms with Crippen LogP contribution in [0.2, 0.25) is 0 Å². The smallest absolute Gasteiger partial charge is 0.155 e. The van der Waals surface area contributed by atoms with E-state index in [2.05, 4.69) is 0 Å². The molecule has 0 aliphatic heterocycles. The lowest BCUT2D eigenvalue weighted by molar-refractivity contribution is -0.117. The maximum absolute atomic E-state index is 11.4. The van der Waals surface area contributed by atoms with Crippen molar-refractivity contribution in [3.63, 3.8) is 0 Å². The highest BCUT2D eigenvalue weighted by molar-refractivity contribution is 5.91. The SMILES string of the molecule is O=C1C=C2CC[C@H]([C@H]3CCC(=O)C3)C[C@H]2CC1. The monoisotopic (exact) mass is 232 g/mol. The van der Waals surface area contributed by atoms with Crippen LogP contribution in [0.5, 0.6) is 0 Å². The van der Waals surface area contributed by atoms with Crippen molar-refractivity contribution in [2.24, 2.45) is 17.8 Å². The molecule has 0 aromatic carbocycles. The molecular formula is C15H20O2. The molecule has 0 amide bonds. The first-order valence-electron chi connectivity index (χ1n) is 6.97. The van der Waals surface area contributed by atoms with Gasteiger partial charge in [-0.1, -0.05) is 5.57 Å². The fourth-order valence-corrected chi connectivity index (χ4v) is 3.95. The molecule has 0 N–H and O–H groups in total. The molecule has 0 aromatic rings. The predicted octanol–water partition coefficient (Wildman–Crippen LogP) is 3.06. The summed E-state index contributed by atoms with van der Waals surface area (Å²) in [4.78, 5) is 22.7. The molecule has 3 rings (SSSR count). The average molecular weight is 232 g/mol. The molecule has 0 heterocycles. The van der Waals surface area contributed by atoms with Gasteiger partial charge in [0.15, 0.2) is 5.78 Å². The van der Waals surface area contributed by atoms with Crippen molar-refractivity contribution in [3.05, 3.63) is 11.6 Å². The van der Waals surface area contributed by atoms with Gasteiger partial charge in [-0.15, -0.1) is 0 Å². The molecule has 2 nitrogen and oxygen atoms in total. The second-order valence-electron chi connectivity index (χ2n) is 6.00. The van der Waals surface area contributed by atoms with Crippen molar-refractivity contribution >= 4 is 11.6 Å². The van der Waals surface area contributed by atoms with E-state index in [0.29, 0.717) is 23.4 Å². The van der Waals surface area contributed by atoms with Crippen LogP contribution in [0.25, 0.3) is 0 Å². The highest BCUT2D eigenvalue weighted by Gasteiger charge is 2.35. The molecule has 2 fully saturated rings. The Morgan fingerprint density at radius 2 is 1.76 bits per heavy atom. The third kappa shape index (κ3) is 2.22. The van der Waals surface area contributed by atoms with Crippen LogP contribution in [0.1, 0.15) is 51.4 Å². The quantitative estimate of drug-likeness (QED) is 0.696. The van der Waals surface area contributed by atoms with E-state index in [9.17, 15) is 9.59 Å². The van der Waals surface area contributed by atoms with E-state index in [1.165, 1.54) is 18.4 Å². The van der Waals surface area contributed by atoms with Crippen LogP contribution in [0.4, 0.5) is 0 Å². The largest absolute Gasteiger partial charge is 0.300 e. The van der Waals surface area contributed by atoms with Crippen LogP contribution in [-0.2, 0) is 9.59 Å². The average Bonchev–Trinajstić information content (AvgIpc) is 2.75. The van der Waals surface area contributed by atoms with Gasteiger partial charge in [-0.3, -0.25) is 9.59 Å². The lowest BCUT2D eigenvalue weighted by atomic mass is 9.69. The lowest BCUT2D eigenvalue weighted by Crippen LogP contribution is -2.26. The minimum absolute atomic E-state index is 0.325. The summed E-state index contributed by atoms with van der Waals surface area (Å²) >= 11 is 0. The van der Waals surface area contributed by atoms with Crippen molar-refractivity contribution in [3.8, 4) is 0 Å². The fourth-order valence-electron chi connectivity index (χ4n) is 3.95. The van der Waals surface area contributed by atoms with Gasteiger partial charge in [-0.25, -0.2) is 0 Å². The van der Waals surface area contributed by atoms with Crippen LogP contribution in [0, 0.1) is 17.8 Å². The number of fused-ring (bicyclic) bond motifs is 1. The van der Waals surface area contributed by atoms with Crippen LogP contribution in [0.15, 0.2) is 11.6 Å². The van der Waals surface area contributed by atoms with Gasteiger partial charge < -0.3 is 0 Å². The molecule has 0 saturated heterocycles. The summed E-state index contributed by atoms with van der Waals surface area (Å²) in [6, 6.07) is 0. The molecule has 2 saturated carbocycles. The number of rotatable bonds is 1. The van der Waals surface area contributed by atoms with Crippen LogP contribution in [0.3, 0.4) is 0 Å². The molecule has 3 aliphatic rings. The summed E-state index contributed by atoms with van der Waals surface area (Å²) < 4.78 is 0. The molecule has 2 heteroatoms. The van der Waals surface area contributed by atoms with Crippen molar-refractivity contribution in [2.45, 2.75) is 51.4 Å². The molecular weight excluding hydrogens is 212 g/mol. The zero-order valence-electron chi connectivity index (χ0n) is 10.3. The summed E-state index contributed by atoms with van der Waals surface area (Å²) in [5, 5.41) is 0. The van der Waals surface area contributed by atoms with Gasteiger partial charge in [0.1, 0.15) is 5.78 Å². The van der Waals surface area contributed by atoms with E-state index in [0.717, 1.165) is 44.4 Å². The molecule has 92 valence electrons. The minimum Gasteiger partial charge on any atom is -0.300 e. The normalized spacial score (nSPS) is 37.9.